The lowest BCUT2D eigenvalue weighted by Crippen LogP contribution is -2.52. The fourth-order valence-electron chi connectivity index (χ4n) is 4.07. The molecule has 208 valence electrons. The number of benzene rings is 3. The van der Waals surface area contributed by atoms with E-state index in [1.165, 1.54) is 47.4 Å². The second-order valence-corrected chi connectivity index (χ2v) is 11.5. The van der Waals surface area contributed by atoms with Crippen molar-refractivity contribution >= 4 is 39.1 Å². The average molecular weight is 574 g/mol. The molecule has 0 saturated carbocycles. The van der Waals surface area contributed by atoms with Gasteiger partial charge in [0, 0.05) is 18.1 Å². The minimum absolute atomic E-state index is 0.00880. The fraction of sp³-hybridized carbons (Fsp3) is 0.310. The Morgan fingerprint density at radius 3 is 2.26 bits per heavy atom. The molecule has 0 heterocycles. The van der Waals surface area contributed by atoms with E-state index in [0.29, 0.717) is 30.0 Å². The van der Waals surface area contributed by atoms with E-state index < -0.39 is 34.3 Å². The van der Waals surface area contributed by atoms with Gasteiger partial charge in [-0.2, -0.15) is 0 Å². The summed E-state index contributed by atoms with van der Waals surface area (Å²) in [5, 5.41) is 3.13. The quantitative estimate of drug-likeness (QED) is 0.318. The molecule has 3 aromatic carbocycles. The summed E-state index contributed by atoms with van der Waals surface area (Å²) < 4.78 is 42.2. The van der Waals surface area contributed by atoms with E-state index in [1.807, 2.05) is 13.8 Å². The number of amides is 2. The van der Waals surface area contributed by atoms with E-state index in [4.69, 9.17) is 11.6 Å². The third-order valence-corrected chi connectivity index (χ3v) is 8.21. The maximum atomic E-state index is 13.9. The van der Waals surface area contributed by atoms with Crippen molar-refractivity contribution in [3.8, 4) is 0 Å². The second kappa shape index (κ2) is 13.6. The minimum atomic E-state index is -4.18. The van der Waals surface area contributed by atoms with Gasteiger partial charge in [0.2, 0.25) is 11.8 Å². The molecule has 2 amide bonds. The monoisotopic (exact) mass is 573 g/mol. The van der Waals surface area contributed by atoms with Crippen LogP contribution in [-0.2, 0) is 26.2 Å². The normalized spacial score (nSPS) is 12.0. The molecule has 10 heteroatoms. The first-order valence-corrected chi connectivity index (χ1v) is 14.5. The van der Waals surface area contributed by atoms with Crippen LogP contribution in [0.5, 0.6) is 0 Å². The Hall–Kier alpha value is -3.43. The van der Waals surface area contributed by atoms with Crippen LogP contribution in [0.1, 0.15) is 37.8 Å². The fourth-order valence-corrected chi connectivity index (χ4v) is 5.66. The second-order valence-electron chi connectivity index (χ2n) is 9.17. The Bertz CT molecular complexity index is 1380. The van der Waals surface area contributed by atoms with Gasteiger partial charge in [-0.15, -0.1) is 0 Å². The van der Waals surface area contributed by atoms with Gasteiger partial charge in [-0.25, -0.2) is 12.8 Å². The minimum Gasteiger partial charge on any atom is -0.354 e. The molecule has 39 heavy (non-hydrogen) atoms. The standard InChI is InChI=1S/C29H33ClFN3O4S/c1-4-17-32-29(36)27(5-2)33(19-22-11-13-24(31)14-12-22)28(35)20-34(25-8-6-7-23(30)18-25)39(37,38)26-15-9-21(3)10-16-26/h6-16,18,27H,4-5,17,19-20H2,1-3H3,(H,32,36)/t27-/m1/s1. The summed E-state index contributed by atoms with van der Waals surface area (Å²) >= 11 is 6.19. The molecule has 0 aliphatic carbocycles. The van der Waals surface area contributed by atoms with E-state index in [0.717, 1.165) is 9.87 Å². The number of carbonyl (C=O) groups excluding carboxylic acids is 2. The first-order valence-electron chi connectivity index (χ1n) is 12.7. The zero-order valence-electron chi connectivity index (χ0n) is 22.2. The molecule has 0 fully saturated rings. The van der Waals surface area contributed by atoms with Gasteiger partial charge < -0.3 is 10.2 Å². The highest BCUT2D eigenvalue weighted by molar-refractivity contribution is 7.92. The summed E-state index contributed by atoms with van der Waals surface area (Å²) in [6, 6.07) is 17.3. The Morgan fingerprint density at radius 1 is 1.00 bits per heavy atom. The predicted octanol–water partition coefficient (Wildman–Crippen LogP) is 5.32. The number of sulfonamides is 1. The molecule has 3 aromatic rings. The molecule has 0 bridgehead atoms. The maximum Gasteiger partial charge on any atom is 0.264 e. The van der Waals surface area contributed by atoms with Crippen LogP contribution < -0.4 is 9.62 Å². The topological polar surface area (TPSA) is 86.8 Å². The van der Waals surface area contributed by atoms with Crippen LogP contribution in [0.2, 0.25) is 5.02 Å². The summed E-state index contributed by atoms with van der Waals surface area (Å²) in [5.74, 6) is -1.36. The van der Waals surface area contributed by atoms with Crippen molar-refractivity contribution in [3.63, 3.8) is 0 Å². The van der Waals surface area contributed by atoms with E-state index in [-0.39, 0.29) is 23.0 Å². The van der Waals surface area contributed by atoms with Gasteiger partial charge in [0.1, 0.15) is 18.4 Å². The van der Waals surface area contributed by atoms with Gasteiger partial charge in [0.25, 0.3) is 10.0 Å². The summed E-state index contributed by atoms with van der Waals surface area (Å²) in [4.78, 5) is 28.3. The van der Waals surface area contributed by atoms with Crippen LogP contribution in [0.25, 0.3) is 0 Å². The molecule has 0 spiro atoms. The van der Waals surface area contributed by atoms with Gasteiger partial charge in [-0.3, -0.25) is 13.9 Å². The number of nitrogens with zero attached hydrogens (tertiary/aromatic N) is 2. The van der Waals surface area contributed by atoms with Crippen LogP contribution in [0.4, 0.5) is 10.1 Å². The summed E-state index contributed by atoms with van der Waals surface area (Å²) in [6.45, 7) is 5.39. The molecule has 0 unspecified atom stereocenters. The van der Waals surface area contributed by atoms with Crippen molar-refractivity contribution in [3.05, 3.63) is 94.8 Å². The van der Waals surface area contributed by atoms with Gasteiger partial charge in [0.15, 0.2) is 0 Å². The Labute approximate surface area is 234 Å². The number of carbonyl (C=O) groups is 2. The predicted molar refractivity (Wildman–Crippen MR) is 151 cm³/mol. The van der Waals surface area contributed by atoms with Gasteiger partial charge in [-0.1, -0.05) is 61.3 Å². The largest absolute Gasteiger partial charge is 0.354 e. The van der Waals surface area contributed by atoms with E-state index >= 15 is 0 Å². The number of hydrogen-bond donors (Lipinski definition) is 1. The average Bonchev–Trinajstić information content (AvgIpc) is 2.91. The van der Waals surface area contributed by atoms with Crippen LogP contribution in [0.3, 0.4) is 0 Å². The highest BCUT2D eigenvalue weighted by Crippen LogP contribution is 2.27. The van der Waals surface area contributed by atoms with Crippen LogP contribution in [0.15, 0.2) is 77.7 Å². The summed E-state index contributed by atoms with van der Waals surface area (Å²) in [7, 11) is -4.18. The number of rotatable bonds is 12. The molecule has 7 nitrogen and oxygen atoms in total. The van der Waals surface area contributed by atoms with E-state index in [9.17, 15) is 22.4 Å². The van der Waals surface area contributed by atoms with Crippen molar-refractivity contribution < 1.29 is 22.4 Å². The number of anilines is 1. The summed E-state index contributed by atoms with van der Waals surface area (Å²) in [5.41, 5.74) is 1.69. The van der Waals surface area contributed by atoms with Crippen molar-refractivity contribution in [1.29, 1.82) is 0 Å². The molecule has 0 radical (unpaired) electrons. The lowest BCUT2D eigenvalue weighted by atomic mass is 10.1. The zero-order valence-corrected chi connectivity index (χ0v) is 23.8. The molecular weight excluding hydrogens is 541 g/mol. The SMILES string of the molecule is CCCNC(=O)[C@@H](CC)N(Cc1ccc(F)cc1)C(=O)CN(c1cccc(Cl)c1)S(=O)(=O)c1ccc(C)cc1. The van der Waals surface area contributed by atoms with E-state index in [1.54, 1.807) is 37.3 Å². The zero-order chi connectivity index (χ0) is 28.6. The lowest BCUT2D eigenvalue weighted by molar-refractivity contribution is -0.140. The lowest BCUT2D eigenvalue weighted by Gasteiger charge is -2.33. The molecule has 3 rings (SSSR count). The third kappa shape index (κ3) is 7.80. The van der Waals surface area contributed by atoms with Crippen LogP contribution in [-0.4, -0.2) is 44.3 Å². The van der Waals surface area contributed by atoms with Crippen LogP contribution in [0, 0.1) is 12.7 Å². The molecule has 0 saturated heterocycles. The molecule has 1 atom stereocenters. The van der Waals surface area contributed by atoms with Gasteiger partial charge >= 0.3 is 0 Å². The van der Waals surface area contributed by atoms with Gasteiger partial charge in [-0.05, 0) is 67.8 Å². The Kier molecular flexibility index (Phi) is 10.5. The smallest absolute Gasteiger partial charge is 0.264 e. The Morgan fingerprint density at radius 2 is 1.67 bits per heavy atom. The van der Waals surface area contributed by atoms with Crippen molar-refractivity contribution in [2.45, 2.75) is 51.1 Å². The molecular formula is C29H33ClFN3O4S. The summed E-state index contributed by atoms with van der Waals surface area (Å²) in [6.07, 6.45) is 1.01. The van der Waals surface area contributed by atoms with Crippen molar-refractivity contribution in [2.75, 3.05) is 17.4 Å². The molecule has 0 aromatic heterocycles. The number of aryl methyl sites for hydroxylation is 1. The molecule has 0 aliphatic rings. The highest BCUT2D eigenvalue weighted by atomic mass is 35.5. The number of hydrogen-bond acceptors (Lipinski definition) is 4. The molecule has 0 aliphatic heterocycles. The highest BCUT2D eigenvalue weighted by Gasteiger charge is 2.33. The van der Waals surface area contributed by atoms with Crippen LogP contribution >= 0.6 is 11.6 Å². The number of halogens is 2. The third-order valence-electron chi connectivity index (χ3n) is 6.19. The maximum absolute atomic E-state index is 13.9. The molecule has 1 N–H and O–H groups in total. The van der Waals surface area contributed by atoms with Crippen molar-refractivity contribution in [2.24, 2.45) is 0 Å². The van der Waals surface area contributed by atoms with Gasteiger partial charge in [0.05, 0.1) is 10.6 Å². The Balaban J connectivity index is 2.04. The first-order chi connectivity index (χ1) is 18.6. The van der Waals surface area contributed by atoms with E-state index in [2.05, 4.69) is 5.32 Å². The number of nitrogens with one attached hydrogen (secondary N) is 1. The first kappa shape index (κ1) is 30.1. The van der Waals surface area contributed by atoms with Crippen molar-refractivity contribution in [1.82, 2.24) is 10.2 Å².